The van der Waals surface area contributed by atoms with Crippen molar-refractivity contribution in [1.29, 1.82) is 0 Å². The first-order valence-corrected chi connectivity index (χ1v) is 5.78. The van der Waals surface area contributed by atoms with Gasteiger partial charge in [0.25, 0.3) is 0 Å². The van der Waals surface area contributed by atoms with E-state index in [1.54, 1.807) is 0 Å². The quantitative estimate of drug-likeness (QED) is 0.433. The molecule has 0 saturated carbocycles. The predicted molar refractivity (Wildman–Crippen MR) is 57.9 cm³/mol. The summed E-state index contributed by atoms with van der Waals surface area (Å²) >= 11 is 0. The van der Waals surface area contributed by atoms with E-state index in [4.69, 9.17) is 20.6 Å². The van der Waals surface area contributed by atoms with Gasteiger partial charge in [-0.25, -0.2) is 4.79 Å². The summed E-state index contributed by atoms with van der Waals surface area (Å²) in [6.45, 7) is 0. The highest BCUT2D eigenvalue weighted by molar-refractivity contribution is 7.60. The molecule has 86 valence electrons. The average Bonchev–Trinajstić information content (AvgIpc) is 2.17. The number of rotatable bonds is 3. The van der Waals surface area contributed by atoms with E-state index < -0.39 is 13.6 Å². The van der Waals surface area contributed by atoms with Gasteiger partial charge in [0, 0.05) is 0 Å². The van der Waals surface area contributed by atoms with Crippen molar-refractivity contribution in [2.45, 2.75) is 0 Å². The second-order valence-corrected chi connectivity index (χ2v) is 4.64. The minimum atomic E-state index is -4.26. The van der Waals surface area contributed by atoms with Crippen LogP contribution in [0.4, 0.5) is 0 Å². The Kier molecular flexibility index (Phi) is 3.49. The van der Waals surface area contributed by atoms with E-state index in [1.165, 1.54) is 30.3 Å². The van der Waals surface area contributed by atoms with Gasteiger partial charge in [0.05, 0.1) is 5.30 Å². The molecular weight excluding hydrogens is 233 g/mol. The van der Waals surface area contributed by atoms with Gasteiger partial charge < -0.3 is 20.6 Å². The van der Waals surface area contributed by atoms with Crippen molar-refractivity contribution in [2.24, 2.45) is 5.73 Å². The minimum absolute atomic E-state index is 0.126. The van der Waals surface area contributed by atoms with Crippen LogP contribution in [0.5, 0.6) is 0 Å². The number of carboxylic acids is 1. The van der Waals surface area contributed by atoms with Gasteiger partial charge in [0.15, 0.2) is 0 Å². The molecule has 0 aliphatic rings. The molecule has 0 unspecified atom stereocenters. The number of hydrogen-bond donors (Lipinski definition) is 4. The topological polar surface area (TPSA) is 121 Å². The monoisotopic (exact) mass is 243 g/mol. The maximum atomic E-state index is 10.8. The smallest absolute Gasteiger partial charge is 0.356 e. The first-order chi connectivity index (χ1) is 7.30. The summed E-state index contributed by atoms with van der Waals surface area (Å²) in [6.07, 6.45) is 1.20. The summed E-state index contributed by atoms with van der Waals surface area (Å²) in [4.78, 5) is 28.1. The lowest BCUT2D eigenvalue weighted by atomic mass is 10.2. The summed E-state index contributed by atoms with van der Waals surface area (Å²) in [5.41, 5.74) is 5.29. The predicted octanol–water partition coefficient (Wildman–Crippen LogP) is -0.126. The van der Waals surface area contributed by atoms with E-state index in [-0.39, 0.29) is 11.0 Å². The van der Waals surface area contributed by atoms with Crippen molar-refractivity contribution in [3.8, 4) is 0 Å². The van der Waals surface area contributed by atoms with Gasteiger partial charge in [0.2, 0.25) is 0 Å². The van der Waals surface area contributed by atoms with Gasteiger partial charge in [-0.1, -0.05) is 12.1 Å². The molecule has 0 heterocycles. The zero-order valence-electron chi connectivity index (χ0n) is 8.07. The molecule has 1 aromatic rings. The highest BCUT2D eigenvalue weighted by atomic mass is 31.2. The second-order valence-electron chi connectivity index (χ2n) is 3.04. The Labute approximate surface area is 91.2 Å². The second kappa shape index (κ2) is 4.49. The number of benzene rings is 1. The molecule has 0 aliphatic heterocycles. The van der Waals surface area contributed by atoms with Gasteiger partial charge in [-0.2, -0.15) is 0 Å². The van der Waals surface area contributed by atoms with Crippen molar-refractivity contribution in [3.63, 3.8) is 0 Å². The molecule has 0 amide bonds. The standard InChI is InChI=1S/C9H10NO5P/c10-8(9(11)12)5-6-1-3-7(4-2-6)16(13,14)15/h1-5H,10H2,(H,11,12)(H2,13,14,15)/b8-5-. The first kappa shape index (κ1) is 12.4. The third kappa shape index (κ3) is 3.20. The lowest BCUT2D eigenvalue weighted by Crippen LogP contribution is -2.09. The molecule has 7 heteroatoms. The van der Waals surface area contributed by atoms with Crippen LogP contribution in [-0.4, -0.2) is 20.9 Å². The Hall–Kier alpha value is -1.62. The van der Waals surface area contributed by atoms with E-state index in [9.17, 15) is 9.36 Å². The average molecular weight is 243 g/mol. The summed E-state index contributed by atoms with van der Waals surface area (Å²) in [5, 5.41) is 8.38. The van der Waals surface area contributed by atoms with Crippen LogP contribution in [0.1, 0.15) is 5.56 Å². The Morgan fingerprint density at radius 3 is 2.12 bits per heavy atom. The number of carboxylic acid groups (broad SMARTS) is 1. The highest BCUT2D eigenvalue weighted by Gasteiger charge is 2.15. The Balaban J connectivity index is 3.01. The van der Waals surface area contributed by atoms with Crippen molar-refractivity contribution >= 4 is 24.9 Å². The van der Waals surface area contributed by atoms with Crippen molar-refractivity contribution < 1.29 is 24.3 Å². The summed E-state index contributed by atoms with van der Waals surface area (Å²) < 4.78 is 10.8. The van der Waals surface area contributed by atoms with Crippen LogP contribution in [0, 0.1) is 0 Å². The lowest BCUT2D eigenvalue weighted by Gasteiger charge is -2.03. The number of nitrogens with two attached hydrogens (primary N) is 1. The number of hydrogen-bond acceptors (Lipinski definition) is 3. The molecule has 0 atom stereocenters. The van der Waals surface area contributed by atoms with E-state index in [1.807, 2.05) is 0 Å². The van der Waals surface area contributed by atoms with Gasteiger partial charge >= 0.3 is 13.6 Å². The molecular formula is C9H10NO5P. The molecule has 0 aromatic heterocycles. The van der Waals surface area contributed by atoms with Crippen LogP contribution in [0.15, 0.2) is 30.0 Å². The van der Waals surface area contributed by atoms with Crippen LogP contribution in [0.2, 0.25) is 0 Å². The third-order valence-electron chi connectivity index (χ3n) is 1.80. The molecule has 0 aliphatic carbocycles. The van der Waals surface area contributed by atoms with Gasteiger partial charge in [-0.05, 0) is 23.8 Å². The summed E-state index contributed by atoms with van der Waals surface area (Å²) in [5.74, 6) is -1.25. The van der Waals surface area contributed by atoms with Gasteiger partial charge in [-0.15, -0.1) is 0 Å². The van der Waals surface area contributed by atoms with Gasteiger partial charge in [0.1, 0.15) is 5.70 Å². The van der Waals surface area contributed by atoms with Crippen molar-refractivity contribution in [1.82, 2.24) is 0 Å². The van der Waals surface area contributed by atoms with E-state index in [2.05, 4.69) is 0 Å². The SMILES string of the molecule is N/C(=C\c1ccc(P(=O)(O)O)cc1)C(=O)O. The Bertz CT molecular complexity index is 473. The normalized spacial score (nSPS) is 12.5. The summed E-state index contributed by atoms with van der Waals surface area (Å²) in [7, 11) is -4.26. The van der Waals surface area contributed by atoms with Crippen molar-refractivity contribution in [3.05, 3.63) is 35.5 Å². The summed E-state index contributed by atoms with van der Waals surface area (Å²) in [6, 6.07) is 5.21. The molecule has 0 bridgehead atoms. The zero-order valence-corrected chi connectivity index (χ0v) is 8.96. The van der Waals surface area contributed by atoms with Crippen LogP contribution < -0.4 is 11.0 Å². The first-order valence-electron chi connectivity index (χ1n) is 4.17. The van der Waals surface area contributed by atoms with Crippen molar-refractivity contribution in [2.75, 3.05) is 0 Å². The molecule has 5 N–H and O–H groups in total. The highest BCUT2D eigenvalue weighted by Crippen LogP contribution is 2.32. The molecule has 0 radical (unpaired) electrons. The van der Waals surface area contributed by atoms with Crippen LogP contribution in [0.25, 0.3) is 6.08 Å². The Morgan fingerprint density at radius 2 is 1.75 bits per heavy atom. The Morgan fingerprint density at radius 1 is 1.25 bits per heavy atom. The van der Waals surface area contributed by atoms with E-state index in [0.29, 0.717) is 5.56 Å². The number of carbonyl (C=O) groups is 1. The molecule has 16 heavy (non-hydrogen) atoms. The van der Waals surface area contributed by atoms with Crippen LogP contribution in [-0.2, 0) is 9.36 Å². The molecule has 6 nitrogen and oxygen atoms in total. The lowest BCUT2D eigenvalue weighted by molar-refractivity contribution is -0.132. The van der Waals surface area contributed by atoms with Crippen LogP contribution >= 0.6 is 7.60 Å². The fraction of sp³-hybridized carbons (Fsp3) is 0. The largest absolute Gasteiger partial charge is 0.477 e. The molecule has 1 rings (SSSR count). The molecule has 1 aromatic carbocycles. The van der Waals surface area contributed by atoms with E-state index >= 15 is 0 Å². The number of aliphatic carboxylic acids is 1. The molecule has 0 saturated heterocycles. The van der Waals surface area contributed by atoms with E-state index in [0.717, 1.165) is 0 Å². The third-order valence-corrected chi connectivity index (χ3v) is 2.77. The minimum Gasteiger partial charge on any atom is -0.477 e. The maximum absolute atomic E-state index is 10.8. The molecule has 0 spiro atoms. The fourth-order valence-electron chi connectivity index (χ4n) is 1.01. The fourth-order valence-corrected chi connectivity index (χ4v) is 1.54. The van der Waals surface area contributed by atoms with Gasteiger partial charge in [-0.3, -0.25) is 4.57 Å². The zero-order chi connectivity index (χ0) is 12.3. The van der Waals surface area contributed by atoms with Crippen LogP contribution in [0.3, 0.4) is 0 Å². The molecule has 0 fully saturated rings. The maximum Gasteiger partial charge on any atom is 0.356 e.